The first-order valence-corrected chi connectivity index (χ1v) is 11.0. The van der Waals surface area contributed by atoms with Gasteiger partial charge in [0.25, 0.3) is 0 Å². The van der Waals surface area contributed by atoms with Crippen LogP contribution in [0.1, 0.15) is 64.2 Å². The third kappa shape index (κ3) is 2.06. The molecule has 29 heavy (non-hydrogen) atoms. The summed E-state index contributed by atoms with van der Waals surface area (Å²) in [4.78, 5) is 0. The van der Waals surface area contributed by atoms with Gasteiger partial charge in [-0.3, -0.25) is 0 Å². The minimum atomic E-state index is -0.946. The predicted octanol–water partition coefficient (Wildman–Crippen LogP) is 4.61. The Balaban J connectivity index is 1.66. The highest BCUT2D eigenvalue weighted by molar-refractivity contribution is 5.69. The summed E-state index contributed by atoms with van der Waals surface area (Å²) < 4.78 is 19.2. The summed E-state index contributed by atoms with van der Waals surface area (Å²) in [7, 11) is 1.73. The van der Waals surface area contributed by atoms with E-state index in [0.717, 1.165) is 18.6 Å². The highest BCUT2D eigenvalue weighted by Gasteiger charge is 2.75. The molecule has 2 spiro atoms. The minimum Gasteiger partial charge on any atom is -0.496 e. The van der Waals surface area contributed by atoms with Crippen LogP contribution in [-0.2, 0) is 14.9 Å². The monoisotopic (exact) mass is 398 g/mol. The molecule has 2 aliphatic heterocycles. The van der Waals surface area contributed by atoms with Gasteiger partial charge in [0.1, 0.15) is 17.5 Å². The lowest BCUT2D eigenvalue weighted by molar-refractivity contribution is -0.294. The molecule has 0 aromatic heterocycles. The molecule has 158 valence electrons. The van der Waals surface area contributed by atoms with Crippen LogP contribution in [0.25, 0.3) is 6.08 Å². The number of benzene rings is 1. The van der Waals surface area contributed by atoms with E-state index in [1.54, 1.807) is 7.11 Å². The Bertz CT molecular complexity index is 904. The highest BCUT2D eigenvalue weighted by atomic mass is 16.7. The Morgan fingerprint density at radius 2 is 1.83 bits per heavy atom. The van der Waals surface area contributed by atoms with E-state index in [2.05, 4.69) is 65.8 Å². The molecule has 0 amide bonds. The van der Waals surface area contributed by atoms with E-state index < -0.39 is 23.1 Å². The molecule has 0 radical (unpaired) electrons. The van der Waals surface area contributed by atoms with Crippen LogP contribution in [-0.4, -0.2) is 35.3 Å². The van der Waals surface area contributed by atoms with Crippen molar-refractivity contribution in [3.8, 4) is 5.75 Å². The lowest BCUT2D eigenvalue weighted by Crippen LogP contribution is -2.53. The molecule has 4 aliphatic rings. The van der Waals surface area contributed by atoms with Gasteiger partial charge in [-0.15, -0.1) is 0 Å². The first-order chi connectivity index (χ1) is 13.5. The van der Waals surface area contributed by atoms with Gasteiger partial charge in [-0.05, 0) is 56.4 Å². The zero-order valence-electron chi connectivity index (χ0n) is 18.7. The van der Waals surface area contributed by atoms with Crippen LogP contribution in [0.2, 0.25) is 0 Å². The molecule has 0 unspecified atom stereocenters. The molecule has 4 nitrogen and oxygen atoms in total. The molecular weight excluding hydrogens is 364 g/mol. The molecule has 1 aromatic carbocycles. The smallest absolute Gasteiger partial charge is 0.199 e. The molecule has 2 aliphatic carbocycles. The van der Waals surface area contributed by atoms with Crippen molar-refractivity contribution in [2.75, 3.05) is 7.11 Å². The van der Waals surface area contributed by atoms with Crippen molar-refractivity contribution >= 4 is 6.08 Å². The van der Waals surface area contributed by atoms with E-state index in [0.29, 0.717) is 5.92 Å². The van der Waals surface area contributed by atoms with Gasteiger partial charge in [0, 0.05) is 23.2 Å². The van der Waals surface area contributed by atoms with Crippen LogP contribution < -0.4 is 4.74 Å². The van der Waals surface area contributed by atoms with E-state index in [1.165, 1.54) is 16.7 Å². The first kappa shape index (κ1) is 19.6. The third-order valence-electron chi connectivity index (χ3n) is 9.12. The zero-order chi connectivity index (χ0) is 21.0. The largest absolute Gasteiger partial charge is 0.496 e. The summed E-state index contributed by atoms with van der Waals surface area (Å²) in [6.07, 6.45) is 5.99. The Hall–Kier alpha value is -1.36. The van der Waals surface area contributed by atoms with Gasteiger partial charge >= 0.3 is 0 Å². The average Bonchev–Trinajstić information content (AvgIpc) is 3.16. The topological polar surface area (TPSA) is 47.9 Å². The summed E-state index contributed by atoms with van der Waals surface area (Å²) in [6.45, 7) is 12.9. The quantitative estimate of drug-likeness (QED) is 0.751. The second kappa shape index (κ2) is 5.66. The van der Waals surface area contributed by atoms with Gasteiger partial charge in [-0.25, -0.2) is 0 Å². The van der Waals surface area contributed by atoms with Crippen LogP contribution in [0.3, 0.4) is 0 Å². The molecule has 2 heterocycles. The second-order valence-corrected chi connectivity index (χ2v) is 10.5. The lowest BCUT2D eigenvalue weighted by atomic mass is 9.63. The maximum absolute atomic E-state index is 11.3. The predicted molar refractivity (Wildman–Crippen MR) is 113 cm³/mol. The van der Waals surface area contributed by atoms with Crippen molar-refractivity contribution in [3.63, 3.8) is 0 Å². The number of rotatable bonds is 1. The molecule has 1 N–H and O–H groups in total. The van der Waals surface area contributed by atoms with E-state index in [1.807, 2.05) is 0 Å². The van der Waals surface area contributed by atoms with Crippen molar-refractivity contribution in [1.29, 1.82) is 0 Å². The van der Waals surface area contributed by atoms with Crippen LogP contribution in [0, 0.1) is 24.7 Å². The van der Waals surface area contributed by atoms with Crippen molar-refractivity contribution in [2.45, 2.75) is 82.9 Å². The summed E-state index contributed by atoms with van der Waals surface area (Å²) in [5, 5.41) is 11.3. The second-order valence-electron chi connectivity index (χ2n) is 10.5. The Labute approximate surface area is 174 Å². The number of hydrogen-bond acceptors (Lipinski definition) is 4. The van der Waals surface area contributed by atoms with Gasteiger partial charge in [-0.1, -0.05) is 39.0 Å². The summed E-state index contributed by atoms with van der Waals surface area (Å²) in [6, 6.07) is 4.30. The molecular formula is C25H34O4. The third-order valence-corrected chi connectivity index (χ3v) is 9.12. The van der Waals surface area contributed by atoms with Crippen molar-refractivity contribution in [3.05, 3.63) is 34.9 Å². The highest BCUT2D eigenvalue weighted by Crippen LogP contribution is 2.69. The first-order valence-electron chi connectivity index (χ1n) is 11.0. The number of aliphatic hydroxyl groups is 1. The summed E-state index contributed by atoms with van der Waals surface area (Å²) in [5.41, 5.74) is 2.71. The van der Waals surface area contributed by atoms with E-state index in [9.17, 15) is 5.11 Å². The normalized spacial score (nSPS) is 46.6. The lowest BCUT2D eigenvalue weighted by Gasteiger charge is -2.46. The number of hydrogen-bond donors (Lipinski definition) is 1. The molecule has 2 saturated heterocycles. The fourth-order valence-corrected chi connectivity index (χ4v) is 6.97. The van der Waals surface area contributed by atoms with Crippen LogP contribution in [0.5, 0.6) is 5.75 Å². The fourth-order valence-electron chi connectivity index (χ4n) is 6.97. The Kier molecular flexibility index (Phi) is 3.82. The number of methoxy groups -OCH3 is 1. The molecule has 3 fully saturated rings. The Morgan fingerprint density at radius 3 is 2.45 bits per heavy atom. The van der Waals surface area contributed by atoms with Crippen molar-refractivity contribution in [1.82, 2.24) is 0 Å². The van der Waals surface area contributed by atoms with Crippen LogP contribution >= 0.6 is 0 Å². The minimum absolute atomic E-state index is 0.0118. The SMILES string of the molecule is COc1ccc2c(c1C)C=C[C@]13O[C@]4(OC(C)(C)[C@@H](C)[C@H]4O)[C@@H](C)[C@H]1CC[C@]23C. The van der Waals surface area contributed by atoms with E-state index in [-0.39, 0.29) is 17.3 Å². The molecule has 1 aromatic rings. The van der Waals surface area contributed by atoms with Gasteiger partial charge in [0.05, 0.1) is 12.7 Å². The molecule has 5 rings (SSSR count). The zero-order valence-corrected chi connectivity index (χ0v) is 18.7. The van der Waals surface area contributed by atoms with Crippen molar-refractivity contribution in [2.24, 2.45) is 17.8 Å². The molecule has 1 saturated carbocycles. The van der Waals surface area contributed by atoms with Crippen LogP contribution in [0.15, 0.2) is 18.2 Å². The maximum Gasteiger partial charge on any atom is 0.199 e. The van der Waals surface area contributed by atoms with E-state index in [4.69, 9.17) is 14.2 Å². The van der Waals surface area contributed by atoms with Crippen LogP contribution in [0.4, 0.5) is 0 Å². The molecule has 0 bridgehead atoms. The standard InChI is InChI=1S/C25H34O4/c1-14-17-10-13-24-18(11-12-23(24,6)19(17)8-9-20(14)27-7)15(2)25(29-24)21(26)16(3)22(4,5)28-25/h8-10,13,15-16,18,21,26H,11-12H2,1-7H3/t15-,16-,18+,21+,23+,24-,25+/m0/s1. The number of fused-ring (bicyclic) bond motifs is 2. The summed E-state index contributed by atoms with van der Waals surface area (Å²) >= 11 is 0. The van der Waals surface area contributed by atoms with E-state index >= 15 is 0 Å². The molecule has 4 heteroatoms. The summed E-state index contributed by atoms with van der Waals surface area (Å²) in [5.74, 6) is 0.422. The maximum atomic E-state index is 11.3. The number of ether oxygens (including phenoxy) is 3. The van der Waals surface area contributed by atoms with Crippen molar-refractivity contribution < 1.29 is 19.3 Å². The van der Waals surface area contributed by atoms with Gasteiger partial charge in [-0.2, -0.15) is 0 Å². The number of aliphatic hydroxyl groups excluding tert-OH is 1. The van der Waals surface area contributed by atoms with Gasteiger partial charge in [0.15, 0.2) is 5.79 Å². The fraction of sp³-hybridized carbons (Fsp3) is 0.680. The average molecular weight is 399 g/mol. The van der Waals surface area contributed by atoms with Gasteiger partial charge < -0.3 is 19.3 Å². The van der Waals surface area contributed by atoms with Gasteiger partial charge in [0.2, 0.25) is 0 Å². The molecule has 7 atom stereocenters. The Morgan fingerprint density at radius 1 is 1.10 bits per heavy atom.